The van der Waals surface area contributed by atoms with E-state index in [1.165, 1.54) is 19.3 Å². The van der Waals surface area contributed by atoms with Crippen molar-refractivity contribution in [3.63, 3.8) is 0 Å². The molecule has 2 amide bonds. The minimum absolute atomic E-state index is 0. The van der Waals surface area contributed by atoms with E-state index in [1.54, 1.807) is 54.5 Å². The van der Waals surface area contributed by atoms with Gasteiger partial charge in [-0.3, -0.25) is 28.2 Å². The van der Waals surface area contributed by atoms with Crippen LogP contribution >= 0.6 is 80.9 Å². The Morgan fingerprint density at radius 1 is 0.505 bits per heavy atom. The number of nitrogens with one attached hydrogen (secondary N) is 2. The third kappa shape index (κ3) is 18.1. The summed E-state index contributed by atoms with van der Waals surface area (Å²) in [6.07, 6.45) is 38.2. The number of aromatic nitrogens is 12. The van der Waals surface area contributed by atoms with Gasteiger partial charge in [0, 0.05) is 145 Å². The molecule has 4 N–H and O–H groups in total. The van der Waals surface area contributed by atoms with Crippen molar-refractivity contribution < 1.29 is 48.6 Å². The largest absolute Gasteiger partial charge is 1.00 e. The number of alkyl carbamates (subject to hydrolysis) is 2. The fraction of sp³-hybridized carbons (Fsp3) is 0.521. The molecule has 3 saturated heterocycles. The second-order valence-corrected chi connectivity index (χ2v) is 34.6. The molecule has 9 aromatic rings. The Balaban J connectivity index is 0.000000146. The summed E-state index contributed by atoms with van der Waals surface area (Å²) in [5.41, 5.74) is 11.2. The van der Waals surface area contributed by atoms with Gasteiger partial charge in [0.05, 0.1) is 41.9 Å². The number of ether oxygens (including phenoxy) is 2. The maximum Gasteiger partial charge on any atom is 1.00 e. The Labute approximate surface area is 668 Å². The van der Waals surface area contributed by atoms with Crippen LogP contribution in [0.15, 0.2) is 117 Å². The maximum atomic E-state index is 12.5. The van der Waals surface area contributed by atoms with Gasteiger partial charge < -0.3 is 53.2 Å². The molecular formula is C73H91Cl3IN18NaO4S3. The average molecular weight is 1640 g/mol. The Hall–Kier alpha value is -5.27. The average Bonchev–Trinajstić information content (AvgIpc) is 1.70. The zero-order valence-electron chi connectivity index (χ0n) is 60.4. The summed E-state index contributed by atoms with van der Waals surface area (Å²) in [4.78, 5) is 76.6. The molecule has 3 spiro atoms. The molecule has 3 saturated carbocycles. The monoisotopic (exact) mass is 1630 g/mol. The summed E-state index contributed by atoms with van der Waals surface area (Å²) >= 11 is 29.4. The minimum Gasteiger partial charge on any atom is -0.775 e. The molecule has 6 aliphatic rings. The third-order valence-corrected chi connectivity index (χ3v) is 26.2. The Kier molecular flexibility index (Phi) is 25.6. The van der Waals surface area contributed by atoms with Gasteiger partial charge in [-0.2, -0.15) is 0 Å². The van der Waals surface area contributed by atoms with E-state index in [4.69, 9.17) is 72.6 Å². The van der Waals surface area contributed by atoms with Crippen molar-refractivity contribution in [2.75, 3.05) is 54.0 Å². The van der Waals surface area contributed by atoms with E-state index in [0.29, 0.717) is 26.4 Å². The topological polar surface area (TPSA) is 242 Å². The molecule has 3 atom stereocenters. The molecule has 544 valence electrons. The van der Waals surface area contributed by atoms with Crippen LogP contribution in [0.1, 0.15) is 155 Å². The molecule has 103 heavy (non-hydrogen) atoms. The van der Waals surface area contributed by atoms with Crippen molar-refractivity contribution in [3.8, 4) is 0 Å². The Morgan fingerprint density at radius 3 is 1.25 bits per heavy atom. The smallest absolute Gasteiger partial charge is 0.775 e. The van der Waals surface area contributed by atoms with Crippen LogP contribution in [0.3, 0.4) is 0 Å². The molecule has 3 aliphatic carbocycles. The number of halogens is 4. The number of hydrogen-bond donors (Lipinski definition) is 3. The van der Waals surface area contributed by atoms with E-state index in [0.717, 1.165) is 196 Å². The fourth-order valence-corrected chi connectivity index (χ4v) is 18.7. The van der Waals surface area contributed by atoms with E-state index in [2.05, 4.69) is 91.6 Å². The van der Waals surface area contributed by atoms with Crippen molar-refractivity contribution >= 4 is 141 Å². The van der Waals surface area contributed by atoms with Gasteiger partial charge in [0.15, 0.2) is 11.3 Å². The fourth-order valence-electron chi connectivity index (χ4n) is 15.5. The third-order valence-electron chi connectivity index (χ3n) is 20.9. The van der Waals surface area contributed by atoms with E-state index in [1.807, 2.05) is 128 Å². The normalized spacial score (nSPS) is 19.7. The van der Waals surface area contributed by atoms with Crippen LogP contribution in [0.5, 0.6) is 0 Å². The van der Waals surface area contributed by atoms with Gasteiger partial charge in [0.2, 0.25) is 17.8 Å². The maximum absolute atomic E-state index is 12.5. The van der Waals surface area contributed by atoms with Crippen LogP contribution in [0.4, 0.5) is 27.4 Å². The van der Waals surface area contributed by atoms with Crippen LogP contribution in [0.2, 0.25) is 15.1 Å². The summed E-state index contributed by atoms with van der Waals surface area (Å²) in [5.74, 6) is 2.75. The van der Waals surface area contributed by atoms with Crippen LogP contribution in [0, 0.1) is 40.6 Å². The van der Waals surface area contributed by atoms with Crippen molar-refractivity contribution in [1.29, 1.82) is 0 Å². The van der Waals surface area contributed by atoms with Gasteiger partial charge in [0.1, 0.15) is 16.8 Å². The molecule has 15 rings (SSSR count). The van der Waals surface area contributed by atoms with Gasteiger partial charge in [-0.25, -0.2) is 39.5 Å². The molecule has 30 heteroatoms. The van der Waals surface area contributed by atoms with E-state index >= 15 is 0 Å². The number of pyridine rings is 3. The second-order valence-electron chi connectivity index (χ2n) is 29.7. The molecule has 0 unspecified atom stereocenters. The number of fused-ring (bicyclic) bond motifs is 3. The SMILES string of the molecule is CC(C)(C)OC(=O)N[C@@H]1CCCC12CCN(c1ncc([S-])c3nccn13)CC2.Cc1nccc(I)c1Cl.Cc1nccc(Sc2cnc(N3CCC4(CCC[C@H]4N)CC3)n3ccnc23)c1Cl.Cc1nccc(Sc2cnc(N3CCC4(CCC[C@H]4NC(=O)OC(C)(C)C)CC3)n3ccnc23)c1Cl.[Na+]. The number of carbonyl (C=O) groups is 2. The number of nitrogens with two attached hydrogens (primary N) is 1. The molecule has 3 aliphatic heterocycles. The van der Waals surface area contributed by atoms with Gasteiger partial charge in [-0.05, 0) is 196 Å². The van der Waals surface area contributed by atoms with Crippen molar-refractivity contribution in [2.45, 2.75) is 212 Å². The van der Waals surface area contributed by atoms with E-state index < -0.39 is 11.2 Å². The zero-order valence-corrected chi connectivity index (χ0v) is 69.3. The summed E-state index contributed by atoms with van der Waals surface area (Å²) in [7, 11) is 0. The van der Waals surface area contributed by atoms with Crippen molar-refractivity contribution in [1.82, 2.24) is 68.7 Å². The molecule has 9 aromatic heterocycles. The summed E-state index contributed by atoms with van der Waals surface area (Å²) in [5, 5.41) is 8.45. The predicted molar refractivity (Wildman–Crippen MR) is 415 cm³/mol. The van der Waals surface area contributed by atoms with Gasteiger partial charge in [-0.15, -0.1) is 4.90 Å². The summed E-state index contributed by atoms with van der Waals surface area (Å²) in [6, 6.07) is 6.43. The number of imidazole rings is 3. The number of nitrogens with zero attached hydrogens (tertiary/aromatic N) is 15. The van der Waals surface area contributed by atoms with E-state index in [9.17, 15) is 9.59 Å². The van der Waals surface area contributed by atoms with Crippen molar-refractivity contribution in [3.05, 3.63) is 128 Å². The molecule has 6 fully saturated rings. The van der Waals surface area contributed by atoms with Crippen LogP contribution in [-0.2, 0) is 22.1 Å². The van der Waals surface area contributed by atoms with Crippen molar-refractivity contribution in [2.24, 2.45) is 22.0 Å². The Morgan fingerprint density at radius 2 is 0.864 bits per heavy atom. The Bertz CT molecular complexity index is 4440. The number of amides is 2. The predicted octanol–water partition coefficient (Wildman–Crippen LogP) is 13.2. The number of piperidine rings is 3. The van der Waals surface area contributed by atoms with E-state index in [-0.39, 0.29) is 64.7 Å². The second kappa shape index (κ2) is 33.5. The summed E-state index contributed by atoms with van der Waals surface area (Å²) < 4.78 is 18.2. The molecule has 22 nitrogen and oxygen atoms in total. The first-order chi connectivity index (χ1) is 48.7. The van der Waals surface area contributed by atoms with Crippen LogP contribution in [0.25, 0.3) is 16.9 Å². The first-order valence-electron chi connectivity index (χ1n) is 35.2. The first kappa shape index (κ1) is 78.8. The minimum atomic E-state index is -0.493. The molecule has 0 aromatic carbocycles. The molecule has 0 radical (unpaired) electrons. The summed E-state index contributed by atoms with van der Waals surface area (Å²) in [6.45, 7) is 22.7. The van der Waals surface area contributed by atoms with Gasteiger partial charge >= 0.3 is 41.7 Å². The number of anilines is 3. The van der Waals surface area contributed by atoms with Gasteiger partial charge in [0.25, 0.3) is 0 Å². The zero-order chi connectivity index (χ0) is 72.3. The van der Waals surface area contributed by atoms with Crippen LogP contribution < -0.4 is 60.6 Å². The quantitative estimate of drug-likeness (QED) is 0.0691. The molecular weight excluding hydrogens is 1550 g/mol. The standard InChI is InChI=1S/C26H33ClN6O2S.C21H25ClN6S.C20H29N5O2S.C6H5ClIN.Na/c1-17-21(27)18(7-11-28-17)36-19-16-30-23(33-15-12-29-22(19)33)32-13-9-26(10-14-32)8-5-6-20(26)31-24(34)35-25(2,3)4;1-14-18(22)15(4-8-24-14)29-16-13-26-20(28-12-9-25-19(16)28)27-10-6-21(7-11-27)5-2-3-17(21)23;1-19(2,3)27-18(26)23-15-5-4-6-20(15)7-10-24(11-8-20)17-22-13-14(28)16-21-9-12-25(16)17;1-4-6(7)5(8)2-3-9-4;/h7,11-12,15-16,20H,5-6,8-10,13-14H2,1-4H3,(H,31,34);4,8-9,12-13,17H,2-3,5-7,10-11,23H2,1H3;9,12-13,15,28H,4-8,10-11H2,1-3H3,(H,23,26);2-3H,1H3;/q;;;;+1/p-1/t20-;17-;15-;;/m111../s1. The molecule has 12 heterocycles. The number of aryl methyl sites for hydroxylation is 3. The molecule has 0 bridgehead atoms. The van der Waals surface area contributed by atoms with Crippen LogP contribution in [-0.4, -0.2) is 139 Å². The van der Waals surface area contributed by atoms with Gasteiger partial charge in [-0.1, -0.05) is 77.6 Å². The first-order valence-corrected chi connectivity index (χ1v) is 39.4. The number of rotatable bonds is 9. The number of carbonyl (C=O) groups excluding carboxylic acids is 2. The number of hydrogen-bond acceptors (Lipinski definition) is 20.